The number of ether oxygens (including phenoxy) is 1. The maximum absolute atomic E-state index is 12.4. The Hall–Kier alpha value is -3.33. The van der Waals surface area contributed by atoms with Crippen molar-refractivity contribution in [2.75, 3.05) is 6.61 Å². The van der Waals surface area contributed by atoms with Crippen LogP contribution < -0.4 is 5.56 Å². The second-order valence-corrected chi connectivity index (χ2v) is 6.56. The van der Waals surface area contributed by atoms with Crippen LogP contribution in [0.25, 0.3) is 22.4 Å². The number of nitro benzene ring substituents is 1. The fourth-order valence-electron chi connectivity index (χ4n) is 2.59. The molecule has 0 atom stereocenters. The number of H-pyrrole nitrogens is 1. The molecule has 1 aromatic carbocycles. The minimum absolute atomic E-state index is 0.0475. The first-order valence-electron chi connectivity index (χ1n) is 8.04. The van der Waals surface area contributed by atoms with Crippen LogP contribution in [0, 0.1) is 17.0 Å². The van der Waals surface area contributed by atoms with Gasteiger partial charge in [0.2, 0.25) is 0 Å². The second kappa shape index (κ2) is 7.50. The van der Waals surface area contributed by atoms with E-state index in [-0.39, 0.29) is 23.7 Å². The normalized spacial score (nSPS) is 11.2. The van der Waals surface area contributed by atoms with E-state index in [1.54, 1.807) is 32.0 Å². The van der Waals surface area contributed by atoms with Gasteiger partial charge in [0.15, 0.2) is 0 Å². The van der Waals surface area contributed by atoms with Crippen molar-refractivity contribution in [1.82, 2.24) is 9.97 Å². The zero-order chi connectivity index (χ0) is 19.6. The van der Waals surface area contributed by atoms with Gasteiger partial charge in [0, 0.05) is 6.07 Å². The quantitative estimate of drug-likeness (QED) is 0.408. The summed E-state index contributed by atoms with van der Waals surface area (Å²) >= 11 is 1.08. The Balaban J connectivity index is 2.04. The van der Waals surface area contributed by atoms with Gasteiger partial charge in [-0.25, -0.2) is 9.78 Å². The Kier molecular flexibility index (Phi) is 5.13. The number of nitrogens with one attached hydrogen (secondary N) is 1. The number of fused-ring (bicyclic) bond motifs is 1. The molecule has 9 heteroatoms. The van der Waals surface area contributed by atoms with Crippen molar-refractivity contribution in [3.05, 3.63) is 66.6 Å². The Bertz CT molecular complexity index is 1130. The molecule has 0 aliphatic carbocycles. The van der Waals surface area contributed by atoms with Crippen LogP contribution in [0.3, 0.4) is 0 Å². The maximum Gasteiger partial charge on any atom is 0.348 e. The molecule has 0 fully saturated rings. The van der Waals surface area contributed by atoms with Crippen LogP contribution in [-0.4, -0.2) is 27.5 Å². The van der Waals surface area contributed by atoms with Crippen LogP contribution in [-0.2, 0) is 4.74 Å². The number of aromatic amines is 1. The number of aryl methyl sites for hydroxylation is 1. The molecule has 0 bridgehead atoms. The van der Waals surface area contributed by atoms with Crippen LogP contribution in [0.2, 0.25) is 0 Å². The SMILES string of the molecule is CCOC(=O)c1sc2nc(/C=C/c3ccccc3[N+](=O)[O-])[nH]c(=O)c2c1C. The minimum Gasteiger partial charge on any atom is -0.462 e. The standard InChI is InChI=1S/C18H15N3O5S/c1-3-26-18(23)15-10(2)14-16(22)19-13(20-17(14)27-15)9-8-11-6-4-5-7-12(11)21(24)25/h4-9H,3H2,1-2H3,(H,19,20,22)/b9-8+. The van der Waals surface area contributed by atoms with Gasteiger partial charge < -0.3 is 9.72 Å². The summed E-state index contributed by atoms with van der Waals surface area (Å²) in [6.07, 6.45) is 3.00. The number of para-hydroxylation sites is 1. The van der Waals surface area contributed by atoms with Crippen molar-refractivity contribution < 1.29 is 14.5 Å². The lowest BCUT2D eigenvalue weighted by molar-refractivity contribution is -0.385. The lowest BCUT2D eigenvalue weighted by atomic mass is 10.1. The second-order valence-electron chi connectivity index (χ2n) is 5.56. The third kappa shape index (κ3) is 3.63. The highest BCUT2D eigenvalue weighted by Gasteiger charge is 2.20. The van der Waals surface area contributed by atoms with E-state index >= 15 is 0 Å². The fraction of sp³-hybridized carbons (Fsp3) is 0.167. The summed E-state index contributed by atoms with van der Waals surface area (Å²) < 4.78 is 5.00. The van der Waals surface area contributed by atoms with Gasteiger partial charge in [-0.1, -0.05) is 12.1 Å². The lowest BCUT2D eigenvalue weighted by Crippen LogP contribution is -2.10. The average Bonchev–Trinajstić information content (AvgIpc) is 2.97. The molecule has 2 heterocycles. The molecule has 138 valence electrons. The molecule has 27 heavy (non-hydrogen) atoms. The van der Waals surface area contributed by atoms with Gasteiger partial charge in [0.1, 0.15) is 15.5 Å². The van der Waals surface area contributed by atoms with E-state index in [1.165, 1.54) is 18.2 Å². The number of rotatable bonds is 5. The van der Waals surface area contributed by atoms with Crippen molar-refractivity contribution in [1.29, 1.82) is 0 Å². The largest absolute Gasteiger partial charge is 0.462 e. The summed E-state index contributed by atoms with van der Waals surface area (Å²) in [7, 11) is 0. The van der Waals surface area contributed by atoms with E-state index in [4.69, 9.17) is 4.74 Å². The van der Waals surface area contributed by atoms with Crippen LogP contribution in [0.1, 0.15) is 33.5 Å². The first-order chi connectivity index (χ1) is 12.9. The number of nitro groups is 1. The number of nitrogens with zero attached hydrogens (tertiary/aromatic N) is 2. The highest BCUT2D eigenvalue weighted by Crippen LogP contribution is 2.28. The Morgan fingerprint density at radius 3 is 2.81 bits per heavy atom. The number of carbonyl (C=O) groups excluding carboxylic acids is 1. The molecule has 0 aliphatic heterocycles. The van der Waals surface area contributed by atoms with Gasteiger partial charge in [-0.2, -0.15) is 0 Å². The maximum atomic E-state index is 12.4. The van der Waals surface area contributed by atoms with Crippen LogP contribution in [0.15, 0.2) is 29.1 Å². The van der Waals surface area contributed by atoms with Gasteiger partial charge >= 0.3 is 5.97 Å². The van der Waals surface area contributed by atoms with E-state index in [0.29, 0.717) is 26.2 Å². The van der Waals surface area contributed by atoms with E-state index in [2.05, 4.69) is 9.97 Å². The van der Waals surface area contributed by atoms with E-state index < -0.39 is 10.9 Å². The molecule has 0 aliphatic rings. The fourth-order valence-corrected chi connectivity index (χ4v) is 3.68. The van der Waals surface area contributed by atoms with Gasteiger partial charge in [-0.3, -0.25) is 14.9 Å². The molecular formula is C18H15N3O5S. The molecule has 0 spiro atoms. The van der Waals surface area contributed by atoms with E-state index in [9.17, 15) is 19.7 Å². The number of thiophene rings is 1. The number of hydrogen-bond acceptors (Lipinski definition) is 7. The molecule has 0 unspecified atom stereocenters. The Morgan fingerprint density at radius 1 is 1.37 bits per heavy atom. The molecule has 0 amide bonds. The number of esters is 1. The summed E-state index contributed by atoms with van der Waals surface area (Å²) in [4.78, 5) is 42.7. The number of aromatic nitrogens is 2. The molecule has 0 saturated carbocycles. The zero-order valence-corrected chi connectivity index (χ0v) is 15.3. The number of carbonyl (C=O) groups is 1. The third-order valence-electron chi connectivity index (χ3n) is 3.83. The van der Waals surface area contributed by atoms with Crippen molar-refractivity contribution in [2.24, 2.45) is 0 Å². The molecule has 3 rings (SSSR count). The first kappa shape index (κ1) is 18.5. The molecular weight excluding hydrogens is 370 g/mol. The zero-order valence-electron chi connectivity index (χ0n) is 14.5. The van der Waals surface area contributed by atoms with Crippen molar-refractivity contribution in [2.45, 2.75) is 13.8 Å². The topological polar surface area (TPSA) is 115 Å². The molecule has 3 aromatic rings. The van der Waals surface area contributed by atoms with E-state index in [0.717, 1.165) is 11.3 Å². The third-order valence-corrected chi connectivity index (χ3v) is 5.00. The van der Waals surface area contributed by atoms with Crippen molar-refractivity contribution in [3.8, 4) is 0 Å². The predicted octanol–water partition coefficient (Wildman–Crippen LogP) is 3.55. The molecule has 0 radical (unpaired) electrons. The van der Waals surface area contributed by atoms with Gasteiger partial charge in [-0.05, 0) is 37.6 Å². The van der Waals surface area contributed by atoms with Crippen molar-refractivity contribution >= 4 is 45.4 Å². The van der Waals surface area contributed by atoms with Gasteiger partial charge in [0.25, 0.3) is 11.2 Å². The van der Waals surface area contributed by atoms with Crippen LogP contribution in [0.5, 0.6) is 0 Å². The van der Waals surface area contributed by atoms with Gasteiger partial charge in [-0.15, -0.1) is 11.3 Å². The predicted molar refractivity (Wildman–Crippen MR) is 103 cm³/mol. The number of benzene rings is 1. The minimum atomic E-state index is -0.491. The lowest BCUT2D eigenvalue weighted by Gasteiger charge is -1.99. The average molecular weight is 385 g/mol. The molecule has 2 aromatic heterocycles. The summed E-state index contributed by atoms with van der Waals surface area (Å²) in [6.45, 7) is 3.61. The Morgan fingerprint density at radius 2 is 2.11 bits per heavy atom. The van der Waals surface area contributed by atoms with Crippen LogP contribution >= 0.6 is 11.3 Å². The first-order valence-corrected chi connectivity index (χ1v) is 8.86. The summed E-state index contributed by atoms with van der Waals surface area (Å²) in [5.41, 5.74) is 0.483. The highest BCUT2D eigenvalue weighted by atomic mass is 32.1. The molecule has 0 saturated heterocycles. The van der Waals surface area contributed by atoms with E-state index in [1.807, 2.05) is 0 Å². The number of hydrogen-bond donors (Lipinski definition) is 1. The molecule has 1 N–H and O–H groups in total. The van der Waals surface area contributed by atoms with Gasteiger partial charge in [0.05, 0.1) is 22.5 Å². The van der Waals surface area contributed by atoms with Crippen LogP contribution in [0.4, 0.5) is 5.69 Å². The molecule has 8 nitrogen and oxygen atoms in total. The smallest absolute Gasteiger partial charge is 0.348 e. The highest BCUT2D eigenvalue weighted by molar-refractivity contribution is 7.20. The van der Waals surface area contributed by atoms with Crippen molar-refractivity contribution in [3.63, 3.8) is 0 Å². The Labute approximate surface area is 157 Å². The summed E-state index contributed by atoms with van der Waals surface area (Å²) in [5, 5.41) is 11.4. The monoisotopic (exact) mass is 385 g/mol. The summed E-state index contributed by atoms with van der Waals surface area (Å²) in [5.74, 6) is -0.253. The summed E-state index contributed by atoms with van der Waals surface area (Å²) in [6, 6.07) is 6.25.